The number of rotatable bonds is 1. The van der Waals surface area contributed by atoms with Crippen molar-refractivity contribution in [3.05, 3.63) is 24.0 Å². The Hall–Kier alpha value is -0.720. The first kappa shape index (κ1) is 8.86. The van der Waals surface area contributed by atoms with E-state index in [4.69, 9.17) is 0 Å². The van der Waals surface area contributed by atoms with Gasteiger partial charge in [0.15, 0.2) is 0 Å². The summed E-state index contributed by atoms with van der Waals surface area (Å²) in [5.74, 6) is 0. The van der Waals surface area contributed by atoms with Gasteiger partial charge >= 0.3 is 0 Å². The lowest BCUT2D eigenvalue weighted by atomic mass is 9.83. The van der Waals surface area contributed by atoms with Gasteiger partial charge in [0.05, 0.1) is 0 Å². The molecule has 1 aromatic rings. The number of nitrogens with zero attached hydrogens (tertiary/aromatic N) is 1. The summed E-state index contributed by atoms with van der Waals surface area (Å²) in [6.07, 6.45) is 9.16. The molecule has 0 atom stereocenters. The highest BCUT2D eigenvalue weighted by molar-refractivity contribution is 5.09. The molecule has 0 amide bonds. The molecule has 0 aliphatic heterocycles. The van der Waals surface area contributed by atoms with Crippen molar-refractivity contribution in [2.75, 3.05) is 0 Å². The zero-order valence-corrected chi connectivity index (χ0v) is 8.71. The maximum absolute atomic E-state index is 2.46. The Morgan fingerprint density at radius 1 is 1.23 bits per heavy atom. The van der Waals surface area contributed by atoms with Crippen LogP contribution in [-0.4, -0.2) is 4.57 Å². The minimum Gasteiger partial charge on any atom is -0.346 e. The normalized spacial score (nSPS) is 21.7. The third kappa shape index (κ3) is 1.52. The minimum atomic E-state index is 0.409. The first-order chi connectivity index (χ1) is 6.22. The number of aromatic nitrogens is 1. The zero-order chi connectivity index (χ0) is 9.31. The van der Waals surface area contributed by atoms with Gasteiger partial charge in [-0.05, 0) is 38.8 Å². The number of hydrogen-bond acceptors (Lipinski definition) is 0. The molecule has 1 aromatic heterocycles. The smallest absolute Gasteiger partial charge is 0.0414 e. The van der Waals surface area contributed by atoms with Gasteiger partial charge in [0, 0.05) is 17.4 Å². The quantitative estimate of drug-likeness (QED) is 0.619. The summed E-state index contributed by atoms with van der Waals surface area (Å²) >= 11 is 0. The Labute approximate surface area is 80.8 Å². The third-order valence-electron chi connectivity index (χ3n) is 3.46. The molecule has 0 unspecified atom stereocenters. The summed E-state index contributed by atoms with van der Waals surface area (Å²) in [6.45, 7) is 4.61. The summed E-state index contributed by atoms with van der Waals surface area (Å²) in [6, 6.07) is 4.37. The van der Waals surface area contributed by atoms with Crippen molar-refractivity contribution in [2.24, 2.45) is 0 Å². The van der Waals surface area contributed by atoms with E-state index in [0.717, 1.165) is 0 Å². The Bertz CT molecular complexity index is 279. The predicted octanol–water partition coefficient (Wildman–Crippen LogP) is 3.48. The summed E-state index contributed by atoms with van der Waals surface area (Å²) in [4.78, 5) is 0. The molecule has 0 saturated heterocycles. The van der Waals surface area contributed by atoms with Crippen LogP contribution in [0.1, 0.15) is 44.7 Å². The van der Waals surface area contributed by atoms with Crippen LogP contribution in [0.15, 0.2) is 18.3 Å². The maximum atomic E-state index is 2.46. The Morgan fingerprint density at radius 3 is 2.46 bits per heavy atom. The van der Waals surface area contributed by atoms with Crippen molar-refractivity contribution >= 4 is 0 Å². The monoisotopic (exact) mass is 177 g/mol. The topological polar surface area (TPSA) is 4.93 Å². The van der Waals surface area contributed by atoms with Gasteiger partial charge in [-0.25, -0.2) is 0 Å². The van der Waals surface area contributed by atoms with Gasteiger partial charge in [0.25, 0.3) is 0 Å². The van der Waals surface area contributed by atoms with E-state index in [1.54, 1.807) is 0 Å². The van der Waals surface area contributed by atoms with Crippen LogP contribution >= 0.6 is 0 Å². The van der Waals surface area contributed by atoms with Crippen molar-refractivity contribution in [2.45, 2.75) is 51.5 Å². The van der Waals surface area contributed by atoms with E-state index in [2.05, 4.69) is 36.7 Å². The molecule has 0 aromatic carbocycles. The van der Waals surface area contributed by atoms with E-state index in [1.165, 1.54) is 37.8 Å². The van der Waals surface area contributed by atoms with E-state index in [9.17, 15) is 0 Å². The molecule has 0 bridgehead atoms. The first-order valence-corrected chi connectivity index (χ1v) is 5.37. The van der Waals surface area contributed by atoms with Crippen molar-refractivity contribution in [3.8, 4) is 0 Å². The minimum absolute atomic E-state index is 0.409. The van der Waals surface area contributed by atoms with Crippen LogP contribution in [0.3, 0.4) is 0 Å². The van der Waals surface area contributed by atoms with Crippen LogP contribution in [0.2, 0.25) is 0 Å². The van der Waals surface area contributed by atoms with E-state index in [0.29, 0.717) is 5.54 Å². The van der Waals surface area contributed by atoms with Crippen molar-refractivity contribution in [3.63, 3.8) is 0 Å². The molecule has 2 rings (SSSR count). The van der Waals surface area contributed by atoms with Crippen molar-refractivity contribution < 1.29 is 0 Å². The molecule has 0 spiro atoms. The highest BCUT2D eigenvalue weighted by Crippen LogP contribution is 2.35. The lowest BCUT2D eigenvalue weighted by molar-refractivity contribution is 0.216. The van der Waals surface area contributed by atoms with Crippen LogP contribution in [-0.2, 0) is 5.54 Å². The lowest BCUT2D eigenvalue weighted by Crippen LogP contribution is -2.32. The predicted molar refractivity (Wildman–Crippen MR) is 55.9 cm³/mol. The zero-order valence-electron chi connectivity index (χ0n) is 8.71. The molecular weight excluding hydrogens is 158 g/mol. The van der Waals surface area contributed by atoms with Crippen LogP contribution < -0.4 is 0 Å². The molecule has 0 N–H and O–H groups in total. The summed E-state index contributed by atoms with van der Waals surface area (Å²) in [5, 5.41) is 0. The van der Waals surface area contributed by atoms with E-state index < -0.39 is 0 Å². The molecular formula is C12H19N. The standard InChI is InChI=1S/C12H19N/c1-11-7-6-10-13(11)12(2)8-4-3-5-9-12/h6-7,10H,3-5,8-9H2,1-2H3. The lowest BCUT2D eigenvalue weighted by Gasteiger charge is -2.36. The second kappa shape index (κ2) is 3.21. The highest BCUT2D eigenvalue weighted by Gasteiger charge is 2.28. The molecule has 1 fully saturated rings. The van der Waals surface area contributed by atoms with Crippen LogP contribution in [0, 0.1) is 6.92 Å². The van der Waals surface area contributed by atoms with Crippen LogP contribution in [0.5, 0.6) is 0 Å². The van der Waals surface area contributed by atoms with Gasteiger partial charge in [0.2, 0.25) is 0 Å². The highest BCUT2D eigenvalue weighted by atomic mass is 15.0. The largest absolute Gasteiger partial charge is 0.346 e. The molecule has 1 heteroatoms. The second-order valence-corrected chi connectivity index (χ2v) is 4.58. The summed E-state index contributed by atoms with van der Waals surface area (Å²) < 4.78 is 2.46. The van der Waals surface area contributed by atoms with Gasteiger partial charge in [-0.15, -0.1) is 0 Å². The van der Waals surface area contributed by atoms with Crippen LogP contribution in [0.4, 0.5) is 0 Å². The summed E-state index contributed by atoms with van der Waals surface area (Å²) in [5.41, 5.74) is 1.82. The van der Waals surface area contributed by atoms with E-state index in [-0.39, 0.29) is 0 Å². The Balaban J connectivity index is 2.27. The molecule has 1 aliphatic rings. The Morgan fingerprint density at radius 2 is 1.92 bits per heavy atom. The first-order valence-electron chi connectivity index (χ1n) is 5.37. The fourth-order valence-corrected chi connectivity index (χ4v) is 2.63. The molecule has 0 radical (unpaired) electrons. The van der Waals surface area contributed by atoms with Gasteiger partial charge in [0.1, 0.15) is 0 Å². The molecule has 1 saturated carbocycles. The second-order valence-electron chi connectivity index (χ2n) is 4.58. The van der Waals surface area contributed by atoms with E-state index in [1.807, 2.05) is 0 Å². The molecule has 1 aliphatic carbocycles. The molecule has 72 valence electrons. The maximum Gasteiger partial charge on any atom is 0.0414 e. The van der Waals surface area contributed by atoms with Gasteiger partial charge < -0.3 is 4.57 Å². The molecule has 1 heterocycles. The molecule has 13 heavy (non-hydrogen) atoms. The number of hydrogen-bond donors (Lipinski definition) is 0. The summed E-state index contributed by atoms with van der Waals surface area (Å²) in [7, 11) is 0. The van der Waals surface area contributed by atoms with Gasteiger partial charge in [-0.3, -0.25) is 0 Å². The fourth-order valence-electron chi connectivity index (χ4n) is 2.63. The fraction of sp³-hybridized carbons (Fsp3) is 0.667. The average Bonchev–Trinajstić information content (AvgIpc) is 2.53. The van der Waals surface area contributed by atoms with Crippen molar-refractivity contribution in [1.82, 2.24) is 4.57 Å². The Kier molecular flexibility index (Phi) is 2.19. The SMILES string of the molecule is Cc1cccn1C1(C)CCCCC1. The van der Waals surface area contributed by atoms with Gasteiger partial charge in [-0.1, -0.05) is 19.3 Å². The molecule has 1 nitrogen and oxygen atoms in total. The third-order valence-corrected chi connectivity index (χ3v) is 3.46. The van der Waals surface area contributed by atoms with Gasteiger partial charge in [-0.2, -0.15) is 0 Å². The van der Waals surface area contributed by atoms with Crippen LogP contribution in [0.25, 0.3) is 0 Å². The average molecular weight is 177 g/mol. The van der Waals surface area contributed by atoms with Crippen molar-refractivity contribution in [1.29, 1.82) is 0 Å². The number of aryl methyl sites for hydroxylation is 1. The van der Waals surface area contributed by atoms with E-state index >= 15 is 0 Å².